The Hall–Kier alpha value is -2.04. The third-order valence-electron chi connectivity index (χ3n) is 4.54. The maximum atomic E-state index is 12.5. The summed E-state index contributed by atoms with van der Waals surface area (Å²) < 4.78 is 0. The van der Waals surface area contributed by atoms with Crippen molar-refractivity contribution in [2.45, 2.75) is 32.4 Å². The third kappa shape index (κ3) is 4.37. The van der Waals surface area contributed by atoms with Gasteiger partial charge in [-0.25, -0.2) is 0 Å². The lowest BCUT2D eigenvalue weighted by Crippen LogP contribution is -2.27. The molecule has 2 aromatic carbocycles. The fourth-order valence-electron chi connectivity index (χ4n) is 3.06. The van der Waals surface area contributed by atoms with Crippen molar-refractivity contribution in [2.75, 3.05) is 6.54 Å². The lowest BCUT2D eigenvalue weighted by atomic mass is 10.1. The van der Waals surface area contributed by atoms with Gasteiger partial charge in [0.05, 0.1) is 6.04 Å². The summed E-state index contributed by atoms with van der Waals surface area (Å²) in [6.07, 6.45) is 1.55. The van der Waals surface area contributed by atoms with Gasteiger partial charge in [-0.1, -0.05) is 41.4 Å². The molecule has 0 saturated carbocycles. The van der Waals surface area contributed by atoms with Crippen molar-refractivity contribution in [1.29, 1.82) is 0 Å². The van der Waals surface area contributed by atoms with E-state index in [0.717, 1.165) is 24.1 Å². The molecule has 26 heavy (non-hydrogen) atoms. The quantitative estimate of drug-likeness (QED) is 0.810. The van der Waals surface area contributed by atoms with Crippen LogP contribution in [0.5, 0.6) is 0 Å². The predicted octanol–water partition coefficient (Wildman–Crippen LogP) is 4.61. The third-order valence-corrected chi connectivity index (χ3v) is 5.10. The number of rotatable bonds is 5. The SMILES string of the molecule is CC(NC(=O)c1ccc(CN2CCCC2=O)cc1)c1ccc(Cl)cc1Cl. The maximum Gasteiger partial charge on any atom is 0.251 e. The molecule has 1 heterocycles. The van der Waals surface area contributed by atoms with Gasteiger partial charge in [-0.2, -0.15) is 0 Å². The van der Waals surface area contributed by atoms with E-state index in [0.29, 0.717) is 28.6 Å². The highest BCUT2D eigenvalue weighted by Gasteiger charge is 2.20. The summed E-state index contributed by atoms with van der Waals surface area (Å²) in [4.78, 5) is 26.0. The van der Waals surface area contributed by atoms with Crippen LogP contribution in [0.3, 0.4) is 0 Å². The van der Waals surface area contributed by atoms with E-state index in [2.05, 4.69) is 5.32 Å². The highest BCUT2D eigenvalue weighted by atomic mass is 35.5. The zero-order chi connectivity index (χ0) is 18.7. The van der Waals surface area contributed by atoms with Crippen LogP contribution in [0.4, 0.5) is 0 Å². The second-order valence-corrected chi connectivity index (χ2v) is 7.32. The van der Waals surface area contributed by atoms with Crippen molar-refractivity contribution in [3.8, 4) is 0 Å². The summed E-state index contributed by atoms with van der Waals surface area (Å²) in [7, 11) is 0. The van der Waals surface area contributed by atoms with Gasteiger partial charge in [0, 0.05) is 35.1 Å². The van der Waals surface area contributed by atoms with Crippen molar-refractivity contribution in [3.63, 3.8) is 0 Å². The first kappa shape index (κ1) is 18.7. The van der Waals surface area contributed by atoms with Crippen molar-refractivity contribution < 1.29 is 9.59 Å². The van der Waals surface area contributed by atoms with E-state index in [9.17, 15) is 9.59 Å². The maximum absolute atomic E-state index is 12.5. The second-order valence-electron chi connectivity index (χ2n) is 6.48. The monoisotopic (exact) mass is 390 g/mol. The largest absolute Gasteiger partial charge is 0.345 e. The fourth-order valence-corrected chi connectivity index (χ4v) is 3.64. The van der Waals surface area contributed by atoms with E-state index in [1.54, 1.807) is 24.3 Å². The van der Waals surface area contributed by atoms with E-state index < -0.39 is 0 Å². The summed E-state index contributed by atoms with van der Waals surface area (Å²) in [6.45, 7) is 3.28. The molecule has 0 aromatic heterocycles. The molecular weight excluding hydrogens is 371 g/mol. The van der Waals surface area contributed by atoms with E-state index in [-0.39, 0.29) is 17.9 Å². The number of halogens is 2. The highest BCUT2D eigenvalue weighted by molar-refractivity contribution is 6.35. The Labute approximate surface area is 163 Å². The lowest BCUT2D eigenvalue weighted by Gasteiger charge is -2.17. The van der Waals surface area contributed by atoms with Gasteiger partial charge in [-0.05, 0) is 48.7 Å². The minimum absolute atomic E-state index is 0.174. The van der Waals surface area contributed by atoms with Crippen LogP contribution < -0.4 is 5.32 Å². The molecule has 0 aliphatic carbocycles. The molecule has 0 spiro atoms. The highest BCUT2D eigenvalue weighted by Crippen LogP contribution is 2.26. The number of amides is 2. The van der Waals surface area contributed by atoms with Crippen molar-refractivity contribution in [3.05, 3.63) is 69.2 Å². The molecule has 6 heteroatoms. The minimum atomic E-state index is -0.242. The number of likely N-dealkylation sites (tertiary alicyclic amines) is 1. The number of nitrogens with zero attached hydrogens (tertiary/aromatic N) is 1. The first-order chi connectivity index (χ1) is 12.4. The molecule has 0 bridgehead atoms. The van der Waals surface area contributed by atoms with E-state index >= 15 is 0 Å². The molecule has 1 fully saturated rings. The molecule has 1 N–H and O–H groups in total. The van der Waals surface area contributed by atoms with Crippen molar-refractivity contribution >= 4 is 35.0 Å². The van der Waals surface area contributed by atoms with E-state index in [1.807, 2.05) is 30.0 Å². The molecule has 136 valence electrons. The molecule has 3 rings (SSSR count). The first-order valence-electron chi connectivity index (χ1n) is 8.56. The predicted molar refractivity (Wildman–Crippen MR) is 103 cm³/mol. The molecule has 1 unspecified atom stereocenters. The molecular formula is C20H20Cl2N2O2. The Morgan fingerprint density at radius 1 is 1.19 bits per heavy atom. The van der Waals surface area contributed by atoms with Gasteiger partial charge in [0.25, 0.3) is 5.91 Å². The standard InChI is InChI=1S/C20H20Cl2N2O2/c1-13(17-9-8-16(21)11-18(17)22)23-20(26)15-6-4-14(5-7-15)12-24-10-2-3-19(24)25/h4-9,11,13H,2-3,10,12H2,1H3,(H,23,26). The van der Waals surface area contributed by atoms with Gasteiger partial charge in [-0.3, -0.25) is 9.59 Å². The van der Waals surface area contributed by atoms with Gasteiger partial charge in [0.1, 0.15) is 0 Å². The van der Waals surface area contributed by atoms with Crippen LogP contribution in [-0.2, 0) is 11.3 Å². The average molecular weight is 391 g/mol. The number of carbonyl (C=O) groups is 2. The second kappa shape index (κ2) is 8.11. The first-order valence-corrected chi connectivity index (χ1v) is 9.32. The summed E-state index contributed by atoms with van der Waals surface area (Å²) >= 11 is 12.1. The normalized spacial score (nSPS) is 15.2. The summed E-state index contributed by atoms with van der Waals surface area (Å²) in [5.41, 5.74) is 2.40. The topological polar surface area (TPSA) is 49.4 Å². The molecule has 4 nitrogen and oxygen atoms in total. The van der Waals surface area contributed by atoms with Crippen molar-refractivity contribution in [1.82, 2.24) is 10.2 Å². The van der Waals surface area contributed by atoms with Crippen LogP contribution in [0, 0.1) is 0 Å². The molecule has 1 saturated heterocycles. The van der Waals surface area contributed by atoms with Crippen LogP contribution in [0.25, 0.3) is 0 Å². The van der Waals surface area contributed by atoms with E-state index in [4.69, 9.17) is 23.2 Å². The van der Waals surface area contributed by atoms with Gasteiger partial charge in [0.2, 0.25) is 5.91 Å². The number of benzene rings is 2. The van der Waals surface area contributed by atoms with Crippen LogP contribution in [0.2, 0.25) is 10.0 Å². The Morgan fingerprint density at radius 3 is 2.54 bits per heavy atom. The zero-order valence-electron chi connectivity index (χ0n) is 14.5. The van der Waals surface area contributed by atoms with Gasteiger partial charge >= 0.3 is 0 Å². The van der Waals surface area contributed by atoms with Crippen LogP contribution in [-0.4, -0.2) is 23.3 Å². The molecule has 1 aliphatic rings. The van der Waals surface area contributed by atoms with Crippen LogP contribution in [0.1, 0.15) is 47.3 Å². The summed E-state index contributed by atoms with van der Waals surface area (Å²) in [5, 5.41) is 4.02. The number of hydrogen-bond acceptors (Lipinski definition) is 2. The molecule has 0 radical (unpaired) electrons. The van der Waals surface area contributed by atoms with E-state index in [1.165, 1.54) is 0 Å². The van der Waals surface area contributed by atoms with Crippen LogP contribution in [0.15, 0.2) is 42.5 Å². The van der Waals surface area contributed by atoms with Gasteiger partial charge < -0.3 is 10.2 Å². The minimum Gasteiger partial charge on any atom is -0.345 e. The number of carbonyl (C=O) groups excluding carboxylic acids is 2. The zero-order valence-corrected chi connectivity index (χ0v) is 16.0. The number of nitrogens with one attached hydrogen (secondary N) is 1. The van der Waals surface area contributed by atoms with Gasteiger partial charge in [0.15, 0.2) is 0 Å². The number of hydrogen-bond donors (Lipinski definition) is 1. The van der Waals surface area contributed by atoms with Gasteiger partial charge in [-0.15, -0.1) is 0 Å². The molecule has 1 aliphatic heterocycles. The Morgan fingerprint density at radius 2 is 1.92 bits per heavy atom. The molecule has 2 aromatic rings. The summed E-state index contributed by atoms with van der Waals surface area (Å²) in [5.74, 6) is 0.0211. The van der Waals surface area contributed by atoms with Crippen LogP contribution >= 0.6 is 23.2 Å². The fraction of sp³-hybridized carbons (Fsp3) is 0.300. The summed E-state index contributed by atoms with van der Waals surface area (Å²) in [6, 6.07) is 12.3. The average Bonchev–Trinajstić information content (AvgIpc) is 3.00. The molecule has 1 atom stereocenters. The Bertz CT molecular complexity index is 821. The Kier molecular flexibility index (Phi) is 5.84. The van der Waals surface area contributed by atoms with Crippen molar-refractivity contribution in [2.24, 2.45) is 0 Å². The Balaban J connectivity index is 1.63. The molecule has 2 amide bonds. The smallest absolute Gasteiger partial charge is 0.251 e. The lowest BCUT2D eigenvalue weighted by molar-refractivity contribution is -0.128.